The maximum Gasteiger partial charge on any atom is 0.148 e. The first-order valence-electron chi connectivity index (χ1n) is 10.4. The number of benzene rings is 1. The van der Waals surface area contributed by atoms with Crippen molar-refractivity contribution in [1.82, 2.24) is 9.97 Å². The highest BCUT2D eigenvalue weighted by Gasteiger charge is 2.17. The summed E-state index contributed by atoms with van der Waals surface area (Å²) in [6.45, 7) is 8.77. The van der Waals surface area contributed by atoms with Crippen LogP contribution in [0.4, 0.5) is 5.82 Å². The van der Waals surface area contributed by atoms with Gasteiger partial charge in [-0.25, -0.2) is 9.97 Å². The van der Waals surface area contributed by atoms with Crippen molar-refractivity contribution in [2.45, 2.75) is 85.1 Å². The Morgan fingerprint density at radius 2 is 1.65 bits per heavy atom. The second-order valence-corrected chi connectivity index (χ2v) is 7.28. The number of nitrogens with zero attached hydrogens (tertiary/aromatic N) is 2. The number of anilines is 1. The highest BCUT2D eigenvalue weighted by Crippen LogP contribution is 2.29. The lowest BCUT2D eigenvalue weighted by Crippen LogP contribution is -2.20. The zero-order valence-corrected chi connectivity index (χ0v) is 16.8. The molecule has 0 saturated carbocycles. The Bertz CT molecular complexity index is 747. The molecule has 3 rings (SSSR count). The smallest absolute Gasteiger partial charge is 0.148 e. The summed E-state index contributed by atoms with van der Waals surface area (Å²) < 4.78 is 0. The van der Waals surface area contributed by atoms with Crippen molar-refractivity contribution in [2.75, 3.05) is 5.32 Å². The summed E-state index contributed by atoms with van der Waals surface area (Å²) in [5, 5.41) is 3.62. The molecule has 1 aromatic heterocycles. The third-order valence-corrected chi connectivity index (χ3v) is 5.57. The van der Waals surface area contributed by atoms with Gasteiger partial charge in [0, 0.05) is 11.6 Å². The van der Waals surface area contributed by atoms with Gasteiger partial charge in [0.2, 0.25) is 0 Å². The van der Waals surface area contributed by atoms with Crippen LogP contribution in [0.15, 0.2) is 12.1 Å². The normalized spacial score (nSPS) is 13.7. The molecule has 2 aromatic rings. The maximum atomic E-state index is 5.05. The van der Waals surface area contributed by atoms with E-state index >= 15 is 0 Å². The van der Waals surface area contributed by atoms with E-state index in [1.165, 1.54) is 36.8 Å². The zero-order chi connectivity index (χ0) is 18.5. The minimum Gasteiger partial charge on any atom is -0.366 e. The zero-order valence-electron chi connectivity index (χ0n) is 16.8. The number of fused-ring (bicyclic) bond motifs is 1. The van der Waals surface area contributed by atoms with Crippen LogP contribution in [-0.2, 0) is 25.7 Å². The fourth-order valence-corrected chi connectivity index (χ4v) is 3.81. The molecule has 0 fully saturated rings. The van der Waals surface area contributed by atoms with Crippen LogP contribution in [0, 0.1) is 6.07 Å². The third-order valence-electron chi connectivity index (χ3n) is 5.57. The lowest BCUT2D eigenvalue weighted by molar-refractivity contribution is 0.665. The number of rotatable bonds is 7. The van der Waals surface area contributed by atoms with Gasteiger partial charge in [-0.2, -0.15) is 0 Å². The molecule has 0 amide bonds. The quantitative estimate of drug-likeness (QED) is 0.711. The molecule has 1 aliphatic carbocycles. The Labute approximate surface area is 158 Å². The molecule has 139 valence electrons. The van der Waals surface area contributed by atoms with Gasteiger partial charge in [-0.15, -0.1) is 0 Å². The Morgan fingerprint density at radius 1 is 0.962 bits per heavy atom. The second kappa shape index (κ2) is 8.66. The topological polar surface area (TPSA) is 37.8 Å². The fraction of sp³-hybridized carbons (Fsp3) is 0.565. The summed E-state index contributed by atoms with van der Waals surface area (Å²) in [7, 11) is 0. The van der Waals surface area contributed by atoms with Crippen molar-refractivity contribution in [3.63, 3.8) is 0 Å². The second-order valence-electron chi connectivity index (χ2n) is 7.28. The molecule has 1 radical (unpaired) electrons. The summed E-state index contributed by atoms with van der Waals surface area (Å²) in [4.78, 5) is 10.0. The number of hydrogen-bond donors (Lipinski definition) is 1. The molecular weight excluding hydrogens is 318 g/mol. The van der Waals surface area contributed by atoms with Gasteiger partial charge in [0.25, 0.3) is 0 Å². The van der Waals surface area contributed by atoms with E-state index < -0.39 is 0 Å². The highest BCUT2D eigenvalue weighted by molar-refractivity contribution is 5.65. The number of aromatic nitrogens is 2. The van der Waals surface area contributed by atoms with Gasteiger partial charge >= 0.3 is 0 Å². The SMILES string of the molecule is CCc1nc(-c2[c]cc3c(c2)CCCC3)c(CC)nc1NC(CC)CC. The molecule has 0 aliphatic heterocycles. The average Bonchev–Trinajstić information content (AvgIpc) is 2.71. The lowest BCUT2D eigenvalue weighted by atomic mass is 9.89. The molecule has 3 nitrogen and oxygen atoms in total. The Balaban J connectivity index is 2.01. The predicted molar refractivity (Wildman–Crippen MR) is 110 cm³/mol. The summed E-state index contributed by atoms with van der Waals surface area (Å²) in [5.74, 6) is 0.972. The van der Waals surface area contributed by atoms with E-state index in [9.17, 15) is 0 Å². The average molecular weight is 351 g/mol. The van der Waals surface area contributed by atoms with Gasteiger partial charge in [-0.1, -0.05) is 33.8 Å². The van der Waals surface area contributed by atoms with E-state index in [1.54, 1.807) is 0 Å². The van der Waals surface area contributed by atoms with E-state index in [0.717, 1.165) is 54.1 Å². The van der Waals surface area contributed by atoms with Crippen molar-refractivity contribution < 1.29 is 0 Å². The standard InChI is InChI=1S/C23H32N3/c1-5-19(6-2)24-23-21(8-4)25-22(20(7-3)26-23)18-14-13-16-11-9-10-12-17(16)15-18/h13,15,19H,5-12H2,1-4H3,(H,24,26). The van der Waals surface area contributed by atoms with Crippen LogP contribution in [0.5, 0.6) is 0 Å². The van der Waals surface area contributed by atoms with Crippen LogP contribution < -0.4 is 5.32 Å². The van der Waals surface area contributed by atoms with Gasteiger partial charge in [0.1, 0.15) is 5.82 Å². The molecule has 1 N–H and O–H groups in total. The Morgan fingerprint density at radius 3 is 2.31 bits per heavy atom. The Kier molecular flexibility index (Phi) is 6.29. The van der Waals surface area contributed by atoms with Gasteiger partial charge in [-0.05, 0) is 74.6 Å². The van der Waals surface area contributed by atoms with Crippen LogP contribution in [0.2, 0.25) is 0 Å². The minimum atomic E-state index is 0.459. The van der Waals surface area contributed by atoms with Crippen molar-refractivity contribution in [1.29, 1.82) is 0 Å². The third kappa shape index (κ3) is 3.92. The molecule has 26 heavy (non-hydrogen) atoms. The van der Waals surface area contributed by atoms with Gasteiger partial charge in [-0.3, -0.25) is 0 Å². The Hall–Kier alpha value is -1.90. The first kappa shape index (κ1) is 18.9. The van der Waals surface area contributed by atoms with Crippen LogP contribution in [0.1, 0.15) is 75.9 Å². The van der Waals surface area contributed by atoms with Gasteiger partial charge in [0.15, 0.2) is 0 Å². The summed E-state index contributed by atoms with van der Waals surface area (Å²) in [6, 6.07) is 8.46. The van der Waals surface area contributed by atoms with E-state index in [4.69, 9.17) is 9.97 Å². The molecule has 0 unspecified atom stereocenters. The molecule has 1 aliphatic rings. The summed E-state index contributed by atoms with van der Waals surface area (Å²) >= 11 is 0. The van der Waals surface area contributed by atoms with Crippen molar-refractivity contribution >= 4 is 5.82 Å². The van der Waals surface area contributed by atoms with Gasteiger partial charge < -0.3 is 5.32 Å². The molecule has 1 heterocycles. The van der Waals surface area contributed by atoms with Gasteiger partial charge in [0.05, 0.1) is 17.1 Å². The fourth-order valence-electron chi connectivity index (χ4n) is 3.81. The molecule has 0 atom stereocenters. The van der Waals surface area contributed by atoms with Crippen molar-refractivity contribution in [3.8, 4) is 11.3 Å². The molecule has 1 aromatic carbocycles. The predicted octanol–water partition coefficient (Wildman–Crippen LogP) is 5.55. The van der Waals surface area contributed by atoms with E-state index in [2.05, 4.69) is 51.2 Å². The first-order valence-corrected chi connectivity index (χ1v) is 10.4. The molecular formula is C23H32N3. The molecule has 3 heteroatoms. The monoisotopic (exact) mass is 350 g/mol. The lowest BCUT2D eigenvalue weighted by Gasteiger charge is -2.20. The van der Waals surface area contributed by atoms with E-state index in [0.29, 0.717) is 6.04 Å². The van der Waals surface area contributed by atoms with Crippen molar-refractivity contribution in [2.24, 2.45) is 0 Å². The largest absolute Gasteiger partial charge is 0.366 e. The number of aryl methyl sites for hydroxylation is 4. The van der Waals surface area contributed by atoms with Crippen LogP contribution in [0.3, 0.4) is 0 Å². The molecule has 0 saturated heterocycles. The first-order chi connectivity index (χ1) is 12.7. The maximum absolute atomic E-state index is 5.05. The summed E-state index contributed by atoms with van der Waals surface area (Å²) in [5.41, 5.74) is 7.21. The van der Waals surface area contributed by atoms with E-state index in [-0.39, 0.29) is 0 Å². The minimum absolute atomic E-state index is 0.459. The molecule has 0 bridgehead atoms. The van der Waals surface area contributed by atoms with Crippen molar-refractivity contribution in [3.05, 3.63) is 40.7 Å². The number of nitrogens with one attached hydrogen (secondary N) is 1. The molecule has 0 spiro atoms. The number of hydrogen-bond acceptors (Lipinski definition) is 3. The highest BCUT2D eigenvalue weighted by atomic mass is 15.0. The van der Waals surface area contributed by atoms with Crippen LogP contribution >= 0.6 is 0 Å². The van der Waals surface area contributed by atoms with Crippen LogP contribution in [-0.4, -0.2) is 16.0 Å². The van der Waals surface area contributed by atoms with E-state index in [1.807, 2.05) is 0 Å². The summed E-state index contributed by atoms with van der Waals surface area (Å²) in [6.07, 6.45) is 8.94. The van der Waals surface area contributed by atoms with Crippen LogP contribution in [0.25, 0.3) is 11.3 Å².